The number of nitrogens with zero attached hydrogens (tertiary/aromatic N) is 3. The first-order chi connectivity index (χ1) is 33.8. The number of nitrogens with one attached hydrogen (secondary N) is 1. The number of carbonyl (C=O) groups excluding carboxylic acids is 3. The summed E-state index contributed by atoms with van der Waals surface area (Å²) in [6.45, 7) is 7.33. The number of thiocarbonyl (C=S) groups is 3. The topological polar surface area (TPSA) is 175 Å². The largest absolute Gasteiger partial charge is 0.481 e. The van der Waals surface area contributed by atoms with Crippen LogP contribution in [0.4, 0.5) is 0 Å². The van der Waals surface area contributed by atoms with E-state index in [2.05, 4.69) is 5.32 Å². The molecular formula is C49H78N4O11S6. The maximum Gasteiger partial charge on any atom is 0.336 e. The Balaban J connectivity index is 1.73. The maximum absolute atomic E-state index is 14.8. The van der Waals surface area contributed by atoms with Crippen molar-refractivity contribution in [1.82, 2.24) is 19.0 Å². The van der Waals surface area contributed by atoms with E-state index in [0.29, 0.717) is 52.2 Å². The van der Waals surface area contributed by atoms with Crippen molar-refractivity contribution in [2.24, 2.45) is 17.8 Å². The van der Waals surface area contributed by atoms with Gasteiger partial charge in [0.1, 0.15) is 18.3 Å². The Morgan fingerprint density at radius 1 is 0.543 bits per heavy atom. The Morgan fingerprint density at radius 3 is 1.31 bits per heavy atom. The molecule has 0 saturated heterocycles. The average molecular weight is 1090 g/mol. The number of ether oxygens (including phenoxy) is 5. The lowest BCUT2D eigenvalue weighted by atomic mass is 9.90. The van der Waals surface area contributed by atoms with E-state index in [1.54, 1.807) is 0 Å². The van der Waals surface area contributed by atoms with Gasteiger partial charge in [-0.3, -0.25) is 14.4 Å². The summed E-state index contributed by atoms with van der Waals surface area (Å²) < 4.78 is 32.7. The predicted octanol–water partition coefficient (Wildman–Crippen LogP) is 8.42. The van der Waals surface area contributed by atoms with Crippen LogP contribution in [0.3, 0.4) is 0 Å². The summed E-state index contributed by atoms with van der Waals surface area (Å²) in [4.78, 5) is 84.9. The van der Waals surface area contributed by atoms with Crippen LogP contribution in [-0.2, 0) is 57.7 Å². The molecule has 4 rings (SSSR count). The van der Waals surface area contributed by atoms with Gasteiger partial charge in [0, 0.05) is 67.6 Å². The molecule has 3 unspecified atom stereocenters. The zero-order valence-corrected chi connectivity index (χ0v) is 46.6. The standard InChI is InChI=1S/C49H78N4O11S6/c1-4-24-50-46(67)64-40(34-70-45(56)37-21-14-9-15-22-37)31-53-48(58)51(29-38(62-41(65)6-3)32-68-43(54)35-17-10-7-11-18-35)47(57)52(49(53)59)30-39(33-69-44(55)36-19-12-8-13-20-36)63-42(66)23-16-26-61-28-27-60-25-5-2/h35-40H,4-34H2,1-3H3,(H,50,67). The Labute approximate surface area is 443 Å². The third-order valence-electron chi connectivity index (χ3n) is 12.7. The molecule has 1 aromatic heterocycles. The maximum atomic E-state index is 14.8. The van der Waals surface area contributed by atoms with Crippen molar-refractivity contribution < 1.29 is 38.1 Å². The van der Waals surface area contributed by atoms with Gasteiger partial charge < -0.3 is 29.0 Å². The molecule has 70 heavy (non-hydrogen) atoms. The van der Waals surface area contributed by atoms with Crippen molar-refractivity contribution in [3.8, 4) is 0 Å². The van der Waals surface area contributed by atoms with Crippen molar-refractivity contribution in [2.45, 2.75) is 187 Å². The van der Waals surface area contributed by atoms with Crippen LogP contribution >= 0.6 is 71.9 Å². The van der Waals surface area contributed by atoms with E-state index in [1.807, 2.05) is 20.8 Å². The highest BCUT2D eigenvalue weighted by Crippen LogP contribution is 2.31. The molecule has 396 valence electrons. The first kappa shape index (κ1) is 60.4. The van der Waals surface area contributed by atoms with Gasteiger partial charge in [-0.15, -0.1) is 0 Å². The van der Waals surface area contributed by atoms with Crippen LogP contribution < -0.4 is 22.4 Å². The first-order valence-corrected chi connectivity index (χ1v) is 30.0. The lowest BCUT2D eigenvalue weighted by Gasteiger charge is -2.25. The summed E-state index contributed by atoms with van der Waals surface area (Å²) in [7, 11) is 0. The number of aromatic nitrogens is 3. The molecule has 0 amide bonds. The third kappa shape index (κ3) is 21.8. The Hall–Kier alpha value is -2.14. The van der Waals surface area contributed by atoms with Crippen LogP contribution in [0.25, 0.3) is 0 Å². The highest BCUT2D eigenvalue weighted by Gasteiger charge is 2.30. The van der Waals surface area contributed by atoms with Gasteiger partial charge in [0.05, 0.1) is 32.8 Å². The van der Waals surface area contributed by atoms with Crippen LogP contribution in [0.2, 0.25) is 0 Å². The second-order valence-electron chi connectivity index (χ2n) is 18.4. The molecule has 3 atom stereocenters. The van der Waals surface area contributed by atoms with Crippen LogP contribution in [-0.4, -0.2) is 113 Å². The minimum Gasteiger partial charge on any atom is -0.481 e. The summed E-state index contributed by atoms with van der Waals surface area (Å²) in [5.41, 5.74) is -2.78. The van der Waals surface area contributed by atoms with Gasteiger partial charge in [-0.25, -0.2) is 28.1 Å². The SMILES string of the molecule is CCCNC(=S)OC(CSC(=O)C1CCCCC1)Cn1c(=O)n(CC(CSC(=O)C2CCCCC2)OC(=S)CC)c(=O)n(CC(CSC(=O)C2CCCCC2)OC(=S)CCCOCCOCCC)c1=O. The minimum atomic E-state index is -0.939. The zero-order chi connectivity index (χ0) is 50.7. The third-order valence-corrected chi connectivity index (χ3v) is 17.1. The quantitative estimate of drug-likeness (QED) is 0.0574. The summed E-state index contributed by atoms with van der Waals surface area (Å²) in [6, 6.07) is 0. The van der Waals surface area contributed by atoms with E-state index >= 15 is 0 Å². The molecule has 0 bridgehead atoms. The number of rotatable bonds is 30. The monoisotopic (exact) mass is 1090 g/mol. The Kier molecular flexibility index (Phi) is 29.7. The van der Waals surface area contributed by atoms with Crippen LogP contribution in [0.5, 0.6) is 0 Å². The average Bonchev–Trinajstić information content (AvgIpc) is 3.38. The fourth-order valence-corrected chi connectivity index (χ4v) is 12.4. The summed E-state index contributed by atoms with van der Waals surface area (Å²) in [5, 5.41) is 3.64. The summed E-state index contributed by atoms with van der Waals surface area (Å²) >= 11 is 20.0. The fourth-order valence-electron chi connectivity index (χ4n) is 8.75. The van der Waals surface area contributed by atoms with Crippen LogP contribution in [0, 0.1) is 17.8 Å². The van der Waals surface area contributed by atoms with E-state index in [-0.39, 0.29) is 85.3 Å². The van der Waals surface area contributed by atoms with Gasteiger partial charge in [-0.2, -0.15) is 0 Å². The molecule has 0 aliphatic heterocycles. The number of carbonyl (C=O) groups is 3. The van der Waals surface area contributed by atoms with Crippen LogP contribution in [0.15, 0.2) is 14.4 Å². The fraction of sp³-hybridized carbons (Fsp3) is 0.816. The molecule has 1 heterocycles. The Morgan fingerprint density at radius 2 is 0.929 bits per heavy atom. The molecule has 1 N–H and O–H groups in total. The smallest absolute Gasteiger partial charge is 0.336 e. The predicted molar refractivity (Wildman–Crippen MR) is 294 cm³/mol. The minimum absolute atomic E-state index is 0.0198. The van der Waals surface area contributed by atoms with Gasteiger partial charge in [0.15, 0.2) is 25.4 Å². The molecule has 0 aromatic carbocycles. The second-order valence-corrected chi connectivity index (χ2v) is 22.8. The highest BCUT2D eigenvalue weighted by molar-refractivity contribution is 8.14. The number of thioether (sulfide) groups is 3. The van der Waals surface area contributed by atoms with Gasteiger partial charge in [-0.1, -0.05) is 114 Å². The van der Waals surface area contributed by atoms with Crippen LogP contribution in [0.1, 0.15) is 149 Å². The molecule has 3 aliphatic rings. The summed E-state index contributed by atoms with van der Waals surface area (Å²) in [5.74, 6) is 0.00691. The van der Waals surface area contributed by atoms with E-state index in [9.17, 15) is 28.8 Å². The molecule has 21 heteroatoms. The number of hydrogen-bond donors (Lipinski definition) is 1. The first-order valence-electron chi connectivity index (χ1n) is 25.8. The molecule has 3 saturated carbocycles. The van der Waals surface area contributed by atoms with Gasteiger partial charge in [-0.05, 0) is 94.4 Å². The Bertz CT molecular complexity index is 2000. The molecule has 1 aromatic rings. The molecule has 3 aliphatic carbocycles. The van der Waals surface area contributed by atoms with Crippen molar-refractivity contribution in [3.63, 3.8) is 0 Å². The lowest BCUT2D eigenvalue weighted by Crippen LogP contribution is -2.58. The summed E-state index contributed by atoms with van der Waals surface area (Å²) in [6.07, 6.45) is 14.2. The van der Waals surface area contributed by atoms with E-state index in [0.717, 1.165) is 158 Å². The number of hydrogen-bond acceptors (Lipinski definition) is 17. The van der Waals surface area contributed by atoms with Crippen molar-refractivity contribution in [3.05, 3.63) is 31.5 Å². The zero-order valence-electron chi connectivity index (χ0n) is 41.7. The van der Waals surface area contributed by atoms with E-state index < -0.39 is 35.4 Å². The molecule has 15 nitrogen and oxygen atoms in total. The van der Waals surface area contributed by atoms with E-state index in [4.69, 9.17) is 60.3 Å². The van der Waals surface area contributed by atoms with Crippen molar-refractivity contribution in [2.75, 3.05) is 50.2 Å². The molecular weight excluding hydrogens is 1010 g/mol. The van der Waals surface area contributed by atoms with Gasteiger partial charge >= 0.3 is 17.1 Å². The van der Waals surface area contributed by atoms with Crippen molar-refractivity contribution in [1.29, 1.82) is 0 Å². The lowest BCUT2D eigenvalue weighted by molar-refractivity contribution is -0.115. The molecule has 3 fully saturated rings. The normalized spacial score (nSPS) is 17.3. The van der Waals surface area contributed by atoms with Gasteiger partial charge in [0.25, 0.3) is 5.17 Å². The van der Waals surface area contributed by atoms with Crippen molar-refractivity contribution >= 4 is 103 Å². The molecule has 0 radical (unpaired) electrons. The van der Waals surface area contributed by atoms with E-state index in [1.165, 1.54) is 0 Å². The molecule has 0 spiro atoms. The van der Waals surface area contributed by atoms with Gasteiger partial charge in [0.2, 0.25) is 0 Å². The highest BCUT2D eigenvalue weighted by atomic mass is 32.2. The second kappa shape index (κ2) is 34.4.